The van der Waals surface area contributed by atoms with Gasteiger partial charge in [-0.25, -0.2) is 9.67 Å². The van der Waals surface area contributed by atoms with E-state index in [4.69, 9.17) is 14.6 Å². The van der Waals surface area contributed by atoms with Crippen molar-refractivity contribution >= 4 is 29.6 Å². The quantitative estimate of drug-likeness (QED) is 0.210. The van der Waals surface area contributed by atoms with Crippen molar-refractivity contribution in [2.45, 2.75) is 5.37 Å². The first-order valence-electron chi connectivity index (χ1n) is 12.7. The summed E-state index contributed by atoms with van der Waals surface area (Å²) >= 11 is 1.47. The average Bonchev–Trinajstić information content (AvgIpc) is 3.60. The van der Waals surface area contributed by atoms with Crippen LogP contribution in [-0.4, -0.2) is 34.9 Å². The number of amides is 1. The molecular formula is C32H26N4O3S. The molecule has 0 saturated carbocycles. The molecule has 2 aromatic heterocycles. The molecule has 0 N–H and O–H groups in total. The molecular weight excluding hydrogens is 520 g/mol. The fourth-order valence-electron chi connectivity index (χ4n) is 4.74. The van der Waals surface area contributed by atoms with Gasteiger partial charge in [-0.1, -0.05) is 78.5 Å². The minimum atomic E-state index is -0.405. The highest BCUT2D eigenvalue weighted by Gasteiger charge is 2.41. The highest BCUT2D eigenvalue weighted by molar-refractivity contribution is 8.05. The average molecular weight is 547 g/mol. The van der Waals surface area contributed by atoms with Gasteiger partial charge in [0.15, 0.2) is 11.5 Å². The number of thioether (sulfide) groups is 1. The Morgan fingerprint density at radius 3 is 2.30 bits per heavy atom. The van der Waals surface area contributed by atoms with E-state index in [2.05, 4.69) is 4.98 Å². The van der Waals surface area contributed by atoms with Gasteiger partial charge in [0.1, 0.15) is 11.2 Å². The second kappa shape index (κ2) is 11.1. The van der Waals surface area contributed by atoms with Crippen molar-refractivity contribution in [2.24, 2.45) is 0 Å². The lowest BCUT2D eigenvalue weighted by Crippen LogP contribution is -2.28. The highest BCUT2D eigenvalue weighted by Crippen LogP contribution is 2.50. The Kier molecular flexibility index (Phi) is 7.08. The molecule has 0 bridgehead atoms. The number of benzene rings is 3. The third-order valence-electron chi connectivity index (χ3n) is 6.60. The van der Waals surface area contributed by atoms with E-state index in [9.17, 15) is 4.79 Å². The fraction of sp³-hybridized carbons (Fsp3) is 0.0938. The summed E-state index contributed by atoms with van der Waals surface area (Å²) in [5.41, 5.74) is 4.35. The third kappa shape index (κ3) is 4.74. The van der Waals surface area contributed by atoms with E-state index in [1.54, 1.807) is 25.3 Å². The summed E-state index contributed by atoms with van der Waals surface area (Å²) in [6.45, 7) is 0. The molecule has 5 aromatic rings. The molecule has 1 unspecified atom stereocenters. The minimum absolute atomic E-state index is 0.148. The number of ether oxygens (including phenoxy) is 2. The molecule has 8 heteroatoms. The molecule has 3 aromatic carbocycles. The Balaban J connectivity index is 1.52. The van der Waals surface area contributed by atoms with Gasteiger partial charge >= 0.3 is 0 Å². The first-order chi connectivity index (χ1) is 19.7. The molecule has 1 amide bonds. The number of rotatable bonds is 7. The van der Waals surface area contributed by atoms with Gasteiger partial charge in [0.05, 0.1) is 30.5 Å². The number of carbonyl (C=O) groups is 1. The van der Waals surface area contributed by atoms with Crippen LogP contribution in [-0.2, 0) is 4.79 Å². The Morgan fingerprint density at radius 2 is 1.60 bits per heavy atom. The number of carbonyl (C=O) groups excluding carboxylic acids is 1. The normalized spacial score (nSPS) is 15.9. The minimum Gasteiger partial charge on any atom is -0.493 e. The van der Waals surface area contributed by atoms with Crippen molar-refractivity contribution < 1.29 is 14.3 Å². The van der Waals surface area contributed by atoms with E-state index in [0.717, 1.165) is 28.1 Å². The van der Waals surface area contributed by atoms with E-state index in [0.29, 0.717) is 22.2 Å². The van der Waals surface area contributed by atoms with Gasteiger partial charge in [-0.2, -0.15) is 5.10 Å². The van der Waals surface area contributed by atoms with Crippen molar-refractivity contribution in [3.63, 3.8) is 0 Å². The maximum atomic E-state index is 14.1. The van der Waals surface area contributed by atoms with E-state index >= 15 is 0 Å². The van der Waals surface area contributed by atoms with Crippen molar-refractivity contribution in [1.82, 2.24) is 14.8 Å². The molecule has 0 spiro atoms. The Labute approximate surface area is 236 Å². The molecule has 7 nitrogen and oxygen atoms in total. The summed E-state index contributed by atoms with van der Waals surface area (Å²) in [6.07, 6.45) is 5.56. The molecule has 0 radical (unpaired) electrons. The zero-order chi connectivity index (χ0) is 27.5. The van der Waals surface area contributed by atoms with Crippen LogP contribution in [0, 0.1) is 0 Å². The van der Waals surface area contributed by atoms with Gasteiger partial charge < -0.3 is 9.47 Å². The van der Waals surface area contributed by atoms with Gasteiger partial charge in [0.2, 0.25) is 0 Å². The van der Waals surface area contributed by atoms with Crippen LogP contribution in [0.3, 0.4) is 0 Å². The first-order valence-corrected chi connectivity index (χ1v) is 13.6. The zero-order valence-corrected chi connectivity index (χ0v) is 22.8. The van der Waals surface area contributed by atoms with E-state index in [1.807, 2.05) is 114 Å². The highest BCUT2D eigenvalue weighted by atomic mass is 32.2. The second-order valence-corrected chi connectivity index (χ2v) is 10.1. The lowest BCUT2D eigenvalue weighted by atomic mass is 10.1. The molecule has 1 aliphatic heterocycles. The largest absolute Gasteiger partial charge is 0.493 e. The van der Waals surface area contributed by atoms with Crippen molar-refractivity contribution in [2.75, 3.05) is 19.1 Å². The number of hydrogen-bond donors (Lipinski definition) is 0. The predicted octanol–water partition coefficient (Wildman–Crippen LogP) is 6.77. The maximum absolute atomic E-state index is 14.1. The van der Waals surface area contributed by atoms with E-state index in [1.165, 1.54) is 11.8 Å². The lowest BCUT2D eigenvalue weighted by Gasteiger charge is -2.22. The summed E-state index contributed by atoms with van der Waals surface area (Å²) in [7, 11) is 3.19. The number of pyridine rings is 1. The molecule has 0 aliphatic carbocycles. The van der Waals surface area contributed by atoms with Crippen LogP contribution in [0.1, 0.15) is 16.5 Å². The van der Waals surface area contributed by atoms with Crippen LogP contribution < -0.4 is 14.4 Å². The fourth-order valence-corrected chi connectivity index (χ4v) is 5.98. The van der Waals surface area contributed by atoms with Crippen molar-refractivity contribution in [1.29, 1.82) is 0 Å². The van der Waals surface area contributed by atoms with Gasteiger partial charge in [0.25, 0.3) is 5.91 Å². The smallest absolute Gasteiger partial charge is 0.267 e. The molecule has 6 rings (SSSR count). The summed E-state index contributed by atoms with van der Waals surface area (Å²) < 4.78 is 13.0. The first kappa shape index (κ1) is 25.5. The Hall–Kier alpha value is -4.82. The lowest BCUT2D eigenvalue weighted by molar-refractivity contribution is -0.114. The van der Waals surface area contributed by atoms with Crippen LogP contribution in [0.5, 0.6) is 11.5 Å². The van der Waals surface area contributed by atoms with E-state index in [-0.39, 0.29) is 5.91 Å². The van der Waals surface area contributed by atoms with Crippen LogP contribution in [0.15, 0.2) is 114 Å². The molecule has 1 saturated heterocycles. The number of methoxy groups -OCH3 is 2. The van der Waals surface area contributed by atoms with Gasteiger partial charge in [-0.3, -0.25) is 9.69 Å². The van der Waals surface area contributed by atoms with Crippen LogP contribution in [0.2, 0.25) is 0 Å². The topological polar surface area (TPSA) is 69.5 Å². The van der Waals surface area contributed by atoms with Crippen molar-refractivity contribution in [3.05, 3.63) is 125 Å². The molecule has 3 heterocycles. The van der Waals surface area contributed by atoms with Crippen molar-refractivity contribution in [3.8, 4) is 28.4 Å². The molecule has 40 heavy (non-hydrogen) atoms. The van der Waals surface area contributed by atoms with E-state index < -0.39 is 5.37 Å². The van der Waals surface area contributed by atoms with Crippen LogP contribution in [0.25, 0.3) is 23.0 Å². The van der Waals surface area contributed by atoms with Crippen LogP contribution >= 0.6 is 11.8 Å². The number of nitrogens with zero attached hydrogens (tertiary/aromatic N) is 4. The SMILES string of the molecule is COc1cccc(C=C2SC(c3cn(-c4ccccc4)nc3-c3ccccc3)N(c3ccccn3)C2=O)c1OC. The molecule has 1 atom stereocenters. The number of para-hydroxylation sites is 2. The molecule has 1 aliphatic rings. The zero-order valence-electron chi connectivity index (χ0n) is 22.0. The summed E-state index contributed by atoms with van der Waals surface area (Å²) in [6, 6.07) is 31.2. The Morgan fingerprint density at radius 1 is 0.850 bits per heavy atom. The summed E-state index contributed by atoms with van der Waals surface area (Å²) in [4.78, 5) is 20.9. The third-order valence-corrected chi connectivity index (χ3v) is 7.83. The summed E-state index contributed by atoms with van der Waals surface area (Å²) in [5.74, 6) is 1.59. The second-order valence-electron chi connectivity index (χ2n) is 9.00. The Bertz CT molecular complexity index is 1670. The van der Waals surface area contributed by atoms with Gasteiger partial charge in [-0.05, 0) is 36.4 Å². The molecule has 1 fully saturated rings. The van der Waals surface area contributed by atoms with Gasteiger partial charge in [-0.15, -0.1) is 0 Å². The monoisotopic (exact) mass is 546 g/mol. The van der Waals surface area contributed by atoms with Crippen LogP contribution in [0.4, 0.5) is 5.82 Å². The molecule has 198 valence electrons. The van der Waals surface area contributed by atoms with Gasteiger partial charge in [0, 0.05) is 29.1 Å². The standard InChI is InChI=1S/C32H26N4O3S/c1-38-26-17-11-14-23(30(26)39-2)20-27-31(37)36(28-18-9-10-19-33-28)32(40-27)25-21-35(24-15-7-4-8-16-24)34-29(25)22-12-5-3-6-13-22/h3-21,32H,1-2H3. The maximum Gasteiger partial charge on any atom is 0.267 e. The number of anilines is 1. The number of aromatic nitrogens is 3. The predicted molar refractivity (Wildman–Crippen MR) is 159 cm³/mol. The number of hydrogen-bond acceptors (Lipinski definition) is 6. The summed E-state index contributed by atoms with van der Waals surface area (Å²) in [5, 5.41) is 4.59.